The van der Waals surface area contributed by atoms with E-state index in [0.29, 0.717) is 18.3 Å². The standard InChI is InChI=1S/C17H16BrN7O/c1-11(15-21-10-22-25(15)16-19-6-2-7-20-16)23-17(26)24-8-5-12-9-13(18)3-4-14(12)24/h2-4,6-7,9-11H,5,8H2,1H3,(H,23,26)/t11-/m0/s1. The number of anilines is 1. The second-order valence-corrected chi connectivity index (χ2v) is 6.84. The fourth-order valence-corrected chi connectivity index (χ4v) is 3.42. The number of carbonyl (C=O) groups excluding carboxylic acids is 1. The van der Waals surface area contributed by atoms with Crippen molar-refractivity contribution in [3.8, 4) is 5.95 Å². The average Bonchev–Trinajstić information content (AvgIpc) is 3.29. The minimum Gasteiger partial charge on any atom is -0.328 e. The Morgan fingerprint density at radius 3 is 2.88 bits per heavy atom. The van der Waals surface area contributed by atoms with Crippen molar-refractivity contribution >= 4 is 27.6 Å². The van der Waals surface area contributed by atoms with Crippen LogP contribution in [0.4, 0.5) is 10.5 Å². The molecule has 0 unspecified atom stereocenters. The number of aromatic nitrogens is 5. The van der Waals surface area contributed by atoms with Crippen molar-refractivity contribution in [2.75, 3.05) is 11.4 Å². The summed E-state index contributed by atoms with van der Waals surface area (Å²) >= 11 is 3.47. The maximum absolute atomic E-state index is 12.8. The summed E-state index contributed by atoms with van der Waals surface area (Å²) in [6, 6.07) is 7.16. The van der Waals surface area contributed by atoms with E-state index in [1.165, 1.54) is 11.0 Å². The van der Waals surface area contributed by atoms with Crippen LogP contribution in [0.25, 0.3) is 5.95 Å². The lowest BCUT2D eigenvalue weighted by Gasteiger charge is -2.21. The van der Waals surface area contributed by atoms with E-state index in [4.69, 9.17) is 0 Å². The highest BCUT2D eigenvalue weighted by Crippen LogP contribution is 2.30. The van der Waals surface area contributed by atoms with Crippen molar-refractivity contribution in [1.82, 2.24) is 30.0 Å². The van der Waals surface area contributed by atoms with Crippen LogP contribution in [-0.2, 0) is 6.42 Å². The second-order valence-electron chi connectivity index (χ2n) is 5.92. The Morgan fingerprint density at radius 2 is 2.08 bits per heavy atom. The smallest absolute Gasteiger partial charge is 0.322 e. The van der Waals surface area contributed by atoms with Gasteiger partial charge in [-0.3, -0.25) is 4.90 Å². The van der Waals surface area contributed by atoms with Crippen molar-refractivity contribution in [2.24, 2.45) is 0 Å². The molecule has 2 aromatic heterocycles. The number of hydrogen-bond acceptors (Lipinski definition) is 5. The van der Waals surface area contributed by atoms with Gasteiger partial charge in [-0.25, -0.2) is 19.7 Å². The van der Waals surface area contributed by atoms with Gasteiger partial charge >= 0.3 is 6.03 Å². The Hall–Kier alpha value is -2.81. The first-order chi connectivity index (χ1) is 12.6. The van der Waals surface area contributed by atoms with Gasteiger partial charge in [-0.1, -0.05) is 15.9 Å². The van der Waals surface area contributed by atoms with Gasteiger partial charge in [0.15, 0.2) is 5.82 Å². The Kier molecular flexibility index (Phi) is 4.37. The predicted molar refractivity (Wildman–Crippen MR) is 99.1 cm³/mol. The van der Waals surface area contributed by atoms with Gasteiger partial charge in [0.2, 0.25) is 0 Å². The highest BCUT2D eigenvalue weighted by atomic mass is 79.9. The molecule has 0 aliphatic carbocycles. The number of nitrogens with one attached hydrogen (secondary N) is 1. The van der Waals surface area contributed by atoms with Gasteiger partial charge in [-0.05, 0) is 43.2 Å². The van der Waals surface area contributed by atoms with Crippen LogP contribution in [0.5, 0.6) is 0 Å². The lowest BCUT2D eigenvalue weighted by molar-refractivity contribution is 0.243. The molecule has 9 heteroatoms. The molecule has 26 heavy (non-hydrogen) atoms. The molecule has 0 spiro atoms. The highest BCUT2D eigenvalue weighted by molar-refractivity contribution is 9.10. The number of amides is 2. The van der Waals surface area contributed by atoms with Crippen molar-refractivity contribution in [3.63, 3.8) is 0 Å². The fourth-order valence-electron chi connectivity index (χ4n) is 3.01. The largest absolute Gasteiger partial charge is 0.328 e. The molecule has 1 aliphatic rings. The first-order valence-electron chi connectivity index (χ1n) is 8.17. The molecule has 0 fully saturated rings. The third-order valence-electron chi connectivity index (χ3n) is 4.23. The van der Waals surface area contributed by atoms with E-state index < -0.39 is 0 Å². The van der Waals surface area contributed by atoms with E-state index in [1.54, 1.807) is 23.4 Å². The van der Waals surface area contributed by atoms with E-state index in [0.717, 1.165) is 22.1 Å². The van der Waals surface area contributed by atoms with Crippen LogP contribution in [-0.4, -0.2) is 37.3 Å². The van der Waals surface area contributed by atoms with Gasteiger partial charge < -0.3 is 5.32 Å². The highest BCUT2D eigenvalue weighted by Gasteiger charge is 2.27. The van der Waals surface area contributed by atoms with Gasteiger partial charge in [0.1, 0.15) is 6.33 Å². The summed E-state index contributed by atoms with van der Waals surface area (Å²) in [4.78, 5) is 27.1. The number of benzene rings is 1. The Morgan fingerprint density at radius 1 is 1.27 bits per heavy atom. The number of urea groups is 1. The molecule has 4 rings (SSSR count). The zero-order chi connectivity index (χ0) is 18.1. The number of hydrogen-bond donors (Lipinski definition) is 1. The van der Waals surface area contributed by atoms with Gasteiger partial charge in [0.05, 0.1) is 6.04 Å². The average molecular weight is 414 g/mol. The maximum Gasteiger partial charge on any atom is 0.322 e. The van der Waals surface area contributed by atoms with Crippen LogP contribution in [0.1, 0.15) is 24.4 Å². The van der Waals surface area contributed by atoms with E-state index in [-0.39, 0.29) is 12.1 Å². The van der Waals surface area contributed by atoms with Crippen LogP contribution in [0.15, 0.2) is 47.5 Å². The van der Waals surface area contributed by atoms with E-state index in [2.05, 4.69) is 47.4 Å². The van der Waals surface area contributed by atoms with Crippen LogP contribution >= 0.6 is 15.9 Å². The SMILES string of the molecule is C[C@H](NC(=O)N1CCc2cc(Br)ccc21)c1ncnn1-c1ncccn1. The van der Waals surface area contributed by atoms with E-state index in [9.17, 15) is 4.79 Å². The number of halogens is 1. The van der Waals surface area contributed by atoms with Crippen molar-refractivity contribution in [1.29, 1.82) is 0 Å². The Bertz CT molecular complexity index is 943. The second kappa shape index (κ2) is 6.83. The van der Waals surface area contributed by atoms with E-state index in [1.807, 2.05) is 19.1 Å². The summed E-state index contributed by atoms with van der Waals surface area (Å²) in [6.07, 6.45) is 5.54. The summed E-state index contributed by atoms with van der Waals surface area (Å²) < 4.78 is 2.54. The molecule has 0 bridgehead atoms. The molecule has 1 aromatic carbocycles. The number of rotatable bonds is 3. The maximum atomic E-state index is 12.8. The minimum absolute atomic E-state index is 0.165. The molecule has 1 aliphatic heterocycles. The molecule has 8 nitrogen and oxygen atoms in total. The lowest BCUT2D eigenvalue weighted by atomic mass is 10.2. The van der Waals surface area contributed by atoms with Gasteiger partial charge in [-0.15, -0.1) is 0 Å². The lowest BCUT2D eigenvalue weighted by Crippen LogP contribution is -2.40. The summed E-state index contributed by atoms with van der Waals surface area (Å²) in [5, 5.41) is 7.15. The molecule has 3 aromatic rings. The van der Waals surface area contributed by atoms with Crippen molar-refractivity contribution in [3.05, 3.63) is 58.8 Å². The van der Waals surface area contributed by atoms with Gasteiger partial charge in [0.25, 0.3) is 5.95 Å². The third-order valence-corrected chi connectivity index (χ3v) is 4.72. The molecule has 132 valence electrons. The van der Waals surface area contributed by atoms with Crippen molar-refractivity contribution < 1.29 is 4.79 Å². The first-order valence-corrected chi connectivity index (χ1v) is 8.96. The van der Waals surface area contributed by atoms with Gasteiger partial charge in [0, 0.05) is 29.1 Å². The van der Waals surface area contributed by atoms with Crippen LogP contribution in [0.3, 0.4) is 0 Å². The summed E-state index contributed by atoms with van der Waals surface area (Å²) in [7, 11) is 0. The van der Waals surface area contributed by atoms with Crippen LogP contribution in [0, 0.1) is 0 Å². The molecular formula is C17H16BrN7O. The quantitative estimate of drug-likeness (QED) is 0.712. The molecule has 2 amide bonds. The fraction of sp³-hybridized carbons (Fsp3) is 0.235. The van der Waals surface area contributed by atoms with E-state index >= 15 is 0 Å². The summed E-state index contributed by atoms with van der Waals surface area (Å²) in [6.45, 7) is 2.51. The predicted octanol–water partition coefficient (Wildman–Crippen LogP) is 2.65. The van der Waals surface area contributed by atoms with Crippen LogP contribution in [0.2, 0.25) is 0 Å². The number of fused-ring (bicyclic) bond motifs is 1. The molecule has 3 heterocycles. The Labute approximate surface area is 158 Å². The zero-order valence-electron chi connectivity index (χ0n) is 14.0. The minimum atomic E-state index is -0.353. The molecule has 0 saturated carbocycles. The molecule has 1 N–H and O–H groups in total. The number of nitrogens with zero attached hydrogens (tertiary/aromatic N) is 6. The van der Waals surface area contributed by atoms with Crippen LogP contribution < -0.4 is 10.2 Å². The Balaban J connectivity index is 1.53. The number of carbonyl (C=O) groups is 1. The normalized spacial score (nSPS) is 14.2. The monoisotopic (exact) mass is 413 g/mol. The summed E-state index contributed by atoms with van der Waals surface area (Å²) in [5.41, 5.74) is 2.09. The molecular weight excluding hydrogens is 398 g/mol. The van der Waals surface area contributed by atoms with Crippen molar-refractivity contribution in [2.45, 2.75) is 19.4 Å². The topological polar surface area (TPSA) is 88.8 Å². The first kappa shape index (κ1) is 16.6. The molecule has 1 atom stereocenters. The van der Waals surface area contributed by atoms with Gasteiger partial charge in [-0.2, -0.15) is 9.78 Å². The molecule has 0 saturated heterocycles. The third kappa shape index (κ3) is 3.05. The molecule has 0 radical (unpaired) electrons. The zero-order valence-corrected chi connectivity index (χ0v) is 15.6. The summed E-state index contributed by atoms with van der Waals surface area (Å²) in [5.74, 6) is 0.984.